The summed E-state index contributed by atoms with van der Waals surface area (Å²) in [5.41, 5.74) is 6.45. The van der Waals surface area contributed by atoms with E-state index in [1.165, 1.54) is 19.4 Å². The molecule has 1 aliphatic carbocycles. The van der Waals surface area contributed by atoms with E-state index in [0.717, 1.165) is 18.9 Å². The summed E-state index contributed by atoms with van der Waals surface area (Å²) in [5.74, 6) is 0.817. The van der Waals surface area contributed by atoms with Crippen LogP contribution < -0.4 is 11.1 Å². The largest absolute Gasteiger partial charge is 0.327 e. The van der Waals surface area contributed by atoms with Crippen LogP contribution in [0.25, 0.3) is 0 Å². The zero-order valence-corrected chi connectivity index (χ0v) is 9.27. The highest BCUT2D eigenvalue weighted by Gasteiger charge is 2.44. The van der Waals surface area contributed by atoms with Crippen molar-refractivity contribution in [1.29, 1.82) is 0 Å². The summed E-state index contributed by atoms with van der Waals surface area (Å²) in [6.07, 6.45) is 3.87. The summed E-state index contributed by atoms with van der Waals surface area (Å²) in [7, 11) is 0. The van der Waals surface area contributed by atoms with E-state index in [4.69, 9.17) is 5.73 Å². The molecule has 78 valence electrons. The highest BCUT2D eigenvalue weighted by Crippen LogP contribution is 2.51. The number of nitrogens with two attached hydrogens (primary N) is 1. The van der Waals surface area contributed by atoms with Crippen molar-refractivity contribution < 1.29 is 0 Å². The molecule has 3 N–H and O–H groups in total. The van der Waals surface area contributed by atoms with Crippen molar-refractivity contribution >= 4 is 0 Å². The van der Waals surface area contributed by atoms with Crippen LogP contribution in [-0.4, -0.2) is 19.1 Å². The Morgan fingerprint density at radius 1 is 1.38 bits per heavy atom. The normalized spacial score (nSPS) is 21.9. The summed E-state index contributed by atoms with van der Waals surface area (Å²) < 4.78 is 0. The first-order valence-electron chi connectivity index (χ1n) is 5.57. The van der Waals surface area contributed by atoms with Crippen molar-refractivity contribution in [2.75, 3.05) is 13.1 Å². The van der Waals surface area contributed by atoms with Gasteiger partial charge in [-0.15, -0.1) is 0 Å². The summed E-state index contributed by atoms with van der Waals surface area (Å²) in [4.78, 5) is 0. The molecule has 0 aliphatic heterocycles. The third kappa shape index (κ3) is 2.96. The second-order valence-electron chi connectivity index (χ2n) is 4.82. The van der Waals surface area contributed by atoms with Gasteiger partial charge in [0.1, 0.15) is 0 Å². The van der Waals surface area contributed by atoms with E-state index in [1.807, 2.05) is 0 Å². The highest BCUT2D eigenvalue weighted by molar-refractivity contribution is 4.97. The molecule has 0 bridgehead atoms. The molecule has 0 aromatic rings. The molecular formula is C11H24N2. The Bertz CT molecular complexity index is 150. The molecule has 0 aromatic heterocycles. The summed E-state index contributed by atoms with van der Waals surface area (Å²) >= 11 is 0. The molecular weight excluding hydrogens is 160 g/mol. The second kappa shape index (κ2) is 4.43. The fourth-order valence-electron chi connectivity index (χ4n) is 1.77. The quantitative estimate of drug-likeness (QED) is 0.660. The van der Waals surface area contributed by atoms with Crippen LogP contribution in [0.5, 0.6) is 0 Å². The van der Waals surface area contributed by atoms with E-state index >= 15 is 0 Å². The number of hydrogen-bond acceptors (Lipinski definition) is 2. The summed E-state index contributed by atoms with van der Waals surface area (Å²) in [6.45, 7) is 8.94. The molecule has 1 rings (SSSR count). The Morgan fingerprint density at radius 2 is 2.00 bits per heavy atom. The van der Waals surface area contributed by atoms with Crippen LogP contribution in [0.15, 0.2) is 0 Å². The van der Waals surface area contributed by atoms with Crippen molar-refractivity contribution in [3.63, 3.8) is 0 Å². The molecule has 1 fully saturated rings. The van der Waals surface area contributed by atoms with Crippen molar-refractivity contribution in [2.24, 2.45) is 17.1 Å². The lowest BCUT2D eigenvalue weighted by Gasteiger charge is -2.21. The fourth-order valence-corrected chi connectivity index (χ4v) is 1.77. The summed E-state index contributed by atoms with van der Waals surface area (Å²) in [6, 6.07) is 0.336. The standard InChI is InChI=1S/C11H24N2/c1-4-10(12)7-13-8-11(5-6-11)9(2)3/h9-10,13H,4-8,12H2,1-3H3. The highest BCUT2D eigenvalue weighted by atomic mass is 14.9. The number of hydrogen-bond donors (Lipinski definition) is 2. The molecule has 1 unspecified atom stereocenters. The van der Waals surface area contributed by atoms with E-state index in [9.17, 15) is 0 Å². The minimum absolute atomic E-state index is 0.336. The SMILES string of the molecule is CCC(N)CNCC1(C(C)C)CC1. The molecule has 0 saturated heterocycles. The predicted octanol–water partition coefficient (Wildman–Crippen LogP) is 1.75. The second-order valence-corrected chi connectivity index (χ2v) is 4.82. The first kappa shape index (κ1) is 11.0. The van der Waals surface area contributed by atoms with Crippen LogP contribution in [0.2, 0.25) is 0 Å². The molecule has 0 radical (unpaired) electrons. The Labute approximate surface area is 82.3 Å². The Hall–Kier alpha value is -0.0800. The van der Waals surface area contributed by atoms with Crippen molar-refractivity contribution in [2.45, 2.75) is 46.1 Å². The van der Waals surface area contributed by atoms with E-state index in [1.54, 1.807) is 0 Å². The lowest BCUT2D eigenvalue weighted by Crippen LogP contribution is -2.37. The zero-order chi connectivity index (χ0) is 9.90. The topological polar surface area (TPSA) is 38.0 Å². The molecule has 0 heterocycles. The molecule has 1 atom stereocenters. The van der Waals surface area contributed by atoms with Gasteiger partial charge in [0.2, 0.25) is 0 Å². The van der Waals surface area contributed by atoms with E-state index in [0.29, 0.717) is 11.5 Å². The molecule has 0 spiro atoms. The van der Waals surface area contributed by atoms with Gasteiger partial charge in [-0.05, 0) is 30.6 Å². The van der Waals surface area contributed by atoms with Crippen LogP contribution in [0.4, 0.5) is 0 Å². The maximum Gasteiger partial charge on any atom is 0.0162 e. The predicted molar refractivity (Wildman–Crippen MR) is 57.6 cm³/mol. The van der Waals surface area contributed by atoms with E-state index in [-0.39, 0.29) is 0 Å². The average molecular weight is 184 g/mol. The lowest BCUT2D eigenvalue weighted by atomic mass is 9.92. The minimum atomic E-state index is 0.336. The first-order valence-corrected chi connectivity index (χ1v) is 5.57. The molecule has 0 amide bonds. The molecule has 2 heteroatoms. The Kier molecular flexibility index (Phi) is 3.74. The van der Waals surface area contributed by atoms with E-state index in [2.05, 4.69) is 26.1 Å². The average Bonchev–Trinajstić information content (AvgIpc) is 2.85. The third-order valence-electron chi connectivity index (χ3n) is 3.52. The molecule has 0 aromatic carbocycles. The van der Waals surface area contributed by atoms with Gasteiger partial charge in [-0.3, -0.25) is 0 Å². The minimum Gasteiger partial charge on any atom is -0.327 e. The van der Waals surface area contributed by atoms with Crippen LogP contribution in [0, 0.1) is 11.3 Å². The van der Waals surface area contributed by atoms with Gasteiger partial charge in [0, 0.05) is 19.1 Å². The molecule has 2 nitrogen and oxygen atoms in total. The van der Waals surface area contributed by atoms with E-state index < -0.39 is 0 Å². The number of rotatable bonds is 6. The van der Waals surface area contributed by atoms with Crippen LogP contribution in [0.3, 0.4) is 0 Å². The Balaban J connectivity index is 2.12. The van der Waals surface area contributed by atoms with Crippen LogP contribution in [0.1, 0.15) is 40.0 Å². The maximum atomic E-state index is 5.84. The lowest BCUT2D eigenvalue weighted by molar-refractivity contribution is 0.334. The smallest absolute Gasteiger partial charge is 0.0162 e. The maximum absolute atomic E-state index is 5.84. The molecule has 13 heavy (non-hydrogen) atoms. The van der Waals surface area contributed by atoms with Crippen molar-refractivity contribution in [1.82, 2.24) is 5.32 Å². The Morgan fingerprint density at radius 3 is 2.38 bits per heavy atom. The van der Waals surface area contributed by atoms with Gasteiger partial charge < -0.3 is 11.1 Å². The van der Waals surface area contributed by atoms with Crippen LogP contribution >= 0.6 is 0 Å². The van der Waals surface area contributed by atoms with Gasteiger partial charge in [-0.25, -0.2) is 0 Å². The van der Waals surface area contributed by atoms with Gasteiger partial charge in [0.25, 0.3) is 0 Å². The zero-order valence-electron chi connectivity index (χ0n) is 9.27. The summed E-state index contributed by atoms with van der Waals surface area (Å²) in [5, 5.41) is 3.50. The van der Waals surface area contributed by atoms with Crippen molar-refractivity contribution in [3.05, 3.63) is 0 Å². The fraction of sp³-hybridized carbons (Fsp3) is 1.00. The third-order valence-corrected chi connectivity index (χ3v) is 3.52. The van der Waals surface area contributed by atoms with Gasteiger partial charge in [-0.2, -0.15) is 0 Å². The van der Waals surface area contributed by atoms with Crippen molar-refractivity contribution in [3.8, 4) is 0 Å². The van der Waals surface area contributed by atoms with Gasteiger partial charge in [-0.1, -0.05) is 20.8 Å². The van der Waals surface area contributed by atoms with Gasteiger partial charge in [0.05, 0.1) is 0 Å². The monoisotopic (exact) mass is 184 g/mol. The molecule has 1 aliphatic rings. The number of nitrogens with one attached hydrogen (secondary N) is 1. The van der Waals surface area contributed by atoms with Crippen LogP contribution in [-0.2, 0) is 0 Å². The molecule has 1 saturated carbocycles. The van der Waals surface area contributed by atoms with Gasteiger partial charge in [0.15, 0.2) is 0 Å². The first-order chi connectivity index (χ1) is 6.10. The van der Waals surface area contributed by atoms with Gasteiger partial charge >= 0.3 is 0 Å².